The van der Waals surface area contributed by atoms with Crippen molar-refractivity contribution in [1.29, 1.82) is 0 Å². The van der Waals surface area contributed by atoms with E-state index in [9.17, 15) is 34.5 Å². The minimum atomic E-state index is -1.90. The van der Waals surface area contributed by atoms with Gasteiger partial charge in [-0.1, -0.05) is 275 Å². The predicted octanol–water partition coefficient (Wildman–Crippen LogP) is 17.3. The van der Waals surface area contributed by atoms with Gasteiger partial charge in [-0.15, -0.1) is 0 Å². The maximum atomic E-state index is 13.2. The number of carboxylic acids is 1. The highest BCUT2D eigenvalue weighted by Crippen LogP contribution is 2.27. The molecular formula is C67H118O12. The molecule has 79 heavy (non-hydrogen) atoms. The summed E-state index contributed by atoms with van der Waals surface area (Å²) in [6, 6.07) is 0. The van der Waals surface area contributed by atoms with Crippen LogP contribution in [-0.4, -0.2) is 89.2 Å². The van der Waals surface area contributed by atoms with Crippen LogP contribution in [0.1, 0.15) is 303 Å². The van der Waals surface area contributed by atoms with Crippen molar-refractivity contribution in [2.24, 2.45) is 0 Å². The van der Waals surface area contributed by atoms with E-state index in [1.54, 1.807) is 0 Å². The first-order chi connectivity index (χ1) is 38.6. The lowest BCUT2D eigenvalue weighted by Crippen LogP contribution is -2.61. The van der Waals surface area contributed by atoms with Gasteiger partial charge in [0.05, 0.1) is 6.61 Å². The van der Waals surface area contributed by atoms with Gasteiger partial charge in [-0.3, -0.25) is 14.4 Å². The molecule has 0 aromatic heterocycles. The lowest BCUT2D eigenvalue weighted by Gasteiger charge is -2.40. The lowest BCUT2D eigenvalue weighted by molar-refractivity contribution is -0.301. The average Bonchev–Trinajstić information content (AvgIpc) is 3.47. The number of ether oxygens (including phenoxy) is 5. The Morgan fingerprint density at radius 1 is 0.430 bits per heavy atom. The van der Waals surface area contributed by atoms with Crippen LogP contribution >= 0.6 is 0 Å². The smallest absolute Gasteiger partial charge is 0.335 e. The third-order valence-corrected chi connectivity index (χ3v) is 14.9. The van der Waals surface area contributed by atoms with Gasteiger partial charge in [-0.25, -0.2) is 4.79 Å². The maximum absolute atomic E-state index is 13.2. The number of hydrogen-bond donors (Lipinski definition) is 3. The first kappa shape index (κ1) is 73.7. The summed E-state index contributed by atoms with van der Waals surface area (Å²) in [5.74, 6) is -3.11. The second kappa shape index (κ2) is 55.2. The van der Waals surface area contributed by atoms with E-state index in [1.165, 1.54) is 141 Å². The Kier molecular flexibility index (Phi) is 51.5. The highest BCUT2D eigenvalue weighted by molar-refractivity contribution is 5.74. The fraction of sp³-hybridized carbons (Fsp3) is 0.821. The van der Waals surface area contributed by atoms with Gasteiger partial charge in [-0.05, 0) is 57.8 Å². The molecule has 12 nitrogen and oxygen atoms in total. The summed E-state index contributed by atoms with van der Waals surface area (Å²) in [5, 5.41) is 31.6. The summed E-state index contributed by atoms with van der Waals surface area (Å²) >= 11 is 0. The van der Waals surface area contributed by atoms with Gasteiger partial charge in [0, 0.05) is 19.3 Å². The number of hydrogen-bond acceptors (Lipinski definition) is 11. The number of carboxylic acid groups (broad SMARTS) is 1. The Labute approximate surface area is 482 Å². The molecule has 0 amide bonds. The normalized spacial score (nSPS) is 18.1. The first-order valence-electron chi connectivity index (χ1n) is 32.6. The van der Waals surface area contributed by atoms with E-state index >= 15 is 0 Å². The van der Waals surface area contributed by atoms with Crippen LogP contribution in [0.2, 0.25) is 0 Å². The molecule has 0 aliphatic carbocycles. The van der Waals surface area contributed by atoms with Crippen molar-refractivity contribution >= 4 is 23.9 Å². The van der Waals surface area contributed by atoms with E-state index in [1.807, 2.05) is 0 Å². The van der Waals surface area contributed by atoms with Crippen molar-refractivity contribution in [1.82, 2.24) is 0 Å². The zero-order valence-corrected chi connectivity index (χ0v) is 50.6. The largest absolute Gasteiger partial charge is 0.479 e. The van der Waals surface area contributed by atoms with E-state index in [2.05, 4.69) is 69.4 Å². The molecule has 6 atom stereocenters. The van der Waals surface area contributed by atoms with Crippen LogP contribution < -0.4 is 0 Å². The van der Waals surface area contributed by atoms with E-state index in [0.29, 0.717) is 19.3 Å². The van der Waals surface area contributed by atoms with Crippen LogP contribution in [0.25, 0.3) is 0 Å². The summed E-state index contributed by atoms with van der Waals surface area (Å²) in [6.07, 6.45) is 55.0. The van der Waals surface area contributed by atoms with Gasteiger partial charge in [0.15, 0.2) is 24.6 Å². The summed E-state index contributed by atoms with van der Waals surface area (Å²) in [6.45, 7) is 5.91. The summed E-state index contributed by atoms with van der Waals surface area (Å²) in [4.78, 5) is 51.3. The van der Waals surface area contributed by atoms with Crippen LogP contribution in [0.5, 0.6) is 0 Å². The molecule has 0 spiro atoms. The van der Waals surface area contributed by atoms with Crippen molar-refractivity contribution in [3.8, 4) is 0 Å². The highest BCUT2D eigenvalue weighted by atomic mass is 16.7. The van der Waals surface area contributed by atoms with Crippen LogP contribution in [0.4, 0.5) is 0 Å². The van der Waals surface area contributed by atoms with Gasteiger partial charge >= 0.3 is 23.9 Å². The molecule has 0 saturated carbocycles. The highest BCUT2D eigenvalue weighted by Gasteiger charge is 2.50. The number of carbonyl (C=O) groups excluding carboxylic acids is 3. The standard InChI is InChI=1S/C67H118O12/c1-4-7-10-13-16-19-22-25-27-29-30-32-33-36-38-41-44-47-50-53-59(68)75-56-58(77-60(69)54-51-48-45-42-39-35-24-21-18-15-12-9-6-3)57-76-67-65(63(72)62(71)64(79-67)66(73)74)78-61(70)55-52-49-46-43-40-37-34-31-28-26-23-20-17-14-11-8-5-2/h7,10,16,19,25,27,30,32,58,62-65,67,71-72H,4-6,8-9,11-15,17-18,20-24,26,28-29,31,33-57H2,1-3H3,(H,73,74)/b10-7-,19-16-,27-25-,32-30-. The maximum Gasteiger partial charge on any atom is 0.335 e. The third kappa shape index (κ3) is 45.0. The van der Waals surface area contributed by atoms with E-state index in [-0.39, 0.29) is 25.9 Å². The number of unbranched alkanes of at least 4 members (excludes halogenated alkanes) is 34. The van der Waals surface area contributed by atoms with E-state index in [0.717, 1.165) is 103 Å². The molecule has 12 heteroatoms. The Hall–Kier alpha value is -3.32. The Morgan fingerprint density at radius 3 is 1.22 bits per heavy atom. The van der Waals surface area contributed by atoms with Crippen LogP contribution in [0.3, 0.4) is 0 Å². The number of rotatable bonds is 56. The molecule has 0 radical (unpaired) electrons. The Morgan fingerprint density at radius 2 is 0.797 bits per heavy atom. The molecule has 6 unspecified atom stereocenters. The Balaban J connectivity index is 2.64. The number of allylic oxidation sites excluding steroid dienone is 8. The quantitative estimate of drug-likeness (QED) is 0.0228. The van der Waals surface area contributed by atoms with Crippen molar-refractivity contribution in [2.45, 2.75) is 340 Å². The molecule has 1 aliphatic heterocycles. The van der Waals surface area contributed by atoms with Gasteiger partial charge in [0.1, 0.15) is 18.8 Å². The van der Waals surface area contributed by atoms with E-state index in [4.69, 9.17) is 23.7 Å². The number of aliphatic hydroxyl groups excluding tert-OH is 2. The molecular weight excluding hydrogens is 997 g/mol. The second-order valence-electron chi connectivity index (χ2n) is 22.4. The lowest BCUT2D eigenvalue weighted by atomic mass is 9.98. The zero-order chi connectivity index (χ0) is 57.5. The SMILES string of the molecule is CC/C=C\C/C=C\C/C=C\C/C=C\CCCCCCCCC(=O)OCC(COC1OC(C(=O)O)C(O)C(O)C1OC(=O)CCCCCCCCCCCCCCCCCCC)OC(=O)CCCCCCCCCCCCCCC. The number of aliphatic hydroxyl groups is 2. The van der Waals surface area contributed by atoms with Crippen LogP contribution in [0.15, 0.2) is 48.6 Å². The Bertz CT molecular complexity index is 1560. The third-order valence-electron chi connectivity index (χ3n) is 14.9. The molecule has 0 bridgehead atoms. The van der Waals surface area contributed by atoms with Crippen molar-refractivity contribution in [3.63, 3.8) is 0 Å². The summed E-state index contributed by atoms with van der Waals surface area (Å²) in [7, 11) is 0. The monoisotopic (exact) mass is 1110 g/mol. The summed E-state index contributed by atoms with van der Waals surface area (Å²) < 4.78 is 28.5. The van der Waals surface area contributed by atoms with Crippen molar-refractivity contribution < 1.29 is 58.2 Å². The molecule has 3 N–H and O–H groups in total. The first-order valence-corrected chi connectivity index (χ1v) is 32.6. The summed E-state index contributed by atoms with van der Waals surface area (Å²) in [5.41, 5.74) is 0. The van der Waals surface area contributed by atoms with Gasteiger partial charge in [0.25, 0.3) is 0 Å². The molecule has 458 valence electrons. The second-order valence-corrected chi connectivity index (χ2v) is 22.4. The fourth-order valence-corrected chi connectivity index (χ4v) is 9.95. The van der Waals surface area contributed by atoms with Gasteiger partial charge < -0.3 is 39.0 Å². The van der Waals surface area contributed by atoms with Crippen LogP contribution in [0, 0.1) is 0 Å². The molecule has 1 heterocycles. The van der Waals surface area contributed by atoms with Crippen molar-refractivity contribution in [3.05, 3.63) is 48.6 Å². The minimum Gasteiger partial charge on any atom is -0.479 e. The topological polar surface area (TPSA) is 175 Å². The minimum absolute atomic E-state index is 0.0645. The molecule has 1 saturated heterocycles. The van der Waals surface area contributed by atoms with Crippen molar-refractivity contribution in [2.75, 3.05) is 13.2 Å². The molecule has 0 aromatic carbocycles. The zero-order valence-electron chi connectivity index (χ0n) is 50.6. The number of esters is 3. The molecule has 1 fully saturated rings. The molecule has 1 rings (SSSR count). The van der Waals surface area contributed by atoms with Gasteiger partial charge in [-0.2, -0.15) is 0 Å². The number of aliphatic carboxylic acids is 1. The van der Waals surface area contributed by atoms with E-state index < -0.39 is 67.3 Å². The fourth-order valence-electron chi connectivity index (χ4n) is 9.95. The number of carbonyl (C=O) groups is 4. The average molecular weight is 1120 g/mol. The molecule has 1 aliphatic rings. The van der Waals surface area contributed by atoms with Crippen LogP contribution in [-0.2, 0) is 42.9 Å². The predicted molar refractivity (Wildman–Crippen MR) is 322 cm³/mol. The molecule has 0 aromatic rings. The van der Waals surface area contributed by atoms with Gasteiger partial charge in [0.2, 0.25) is 0 Å².